The first-order valence-corrected chi connectivity index (χ1v) is 11.0. The van der Waals surface area contributed by atoms with Crippen molar-refractivity contribution >= 4 is 51.9 Å². The first-order chi connectivity index (χ1) is 15.0. The molecule has 1 fully saturated rings. The highest BCUT2D eigenvalue weighted by Gasteiger charge is 2.38. The Bertz CT molecular complexity index is 1140. The third kappa shape index (κ3) is 4.76. The Kier molecular flexibility index (Phi) is 6.30. The van der Waals surface area contributed by atoms with Crippen molar-refractivity contribution < 1.29 is 9.59 Å². The lowest BCUT2D eigenvalue weighted by molar-refractivity contribution is -0.129. The van der Waals surface area contributed by atoms with Gasteiger partial charge in [0.2, 0.25) is 5.91 Å². The summed E-state index contributed by atoms with van der Waals surface area (Å²) in [5.74, 6) is -0.534. The van der Waals surface area contributed by atoms with Gasteiger partial charge in [0.25, 0.3) is 5.91 Å². The highest BCUT2D eigenvalue weighted by atomic mass is 32.2. The van der Waals surface area contributed by atoms with Crippen LogP contribution >= 0.6 is 24.0 Å². The summed E-state index contributed by atoms with van der Waals surface area (Å²) in [6.07, 6.45) is 1.82. The molecule has 31 heavy (non-hydrogen) atoms. The molecule has 4 rings (SSSR count). The SMILES string of the molecule is CC(C(=O)Nc1ccccc1)N1C(=O)/C(=C/c2ccc(-c3ccccc3)cc2)SC1=S. The molecule has 2 amide bonds. The number of thiocarbonyl (C=S) groups is 1. The van der Waals surface area contributed by atoms with Gasteiger partial charge in [0.15, 0.2) is 0 Å². The molecule has 4 nitrogen and oxygen atoms in total. The maximum Gasteiger partial charge on any atom is 0.266 e. The van der Waals surface area contributed by atoms with E-state index in [1.54, 1.807) is 19.1 Å². The number of carbonyl (C=O) groups is 2. The normalized spacial score (nSPS) is 15.9. The zero-order valence-electron chi connectivity index (χ0n) is 16.8. The molecular weight excluding hydrogens is 424 g/mol. The van der Waals surface area contributed by atoms with Gasteiger partial charge in [-0.25, -0.2) is 0 Å². The second-order valence-electron chi connectivity index (χ2n) is 7.07. The minimum absolute atomic E-state index is 0.252. The van der Waals surface area contributed by atoms with Crippen LogP contribution in [-0.4, -0.2) is 27.1 Å². The number of anilines is 1. The predicted molar refractivity (Wildman–Crippen MR) is 131 cm³/mol. The van der Waals surface area contributed by atoms with E-state index < -0.39 is 6.04 Å². The van der Waals surface area contributed by atoms with E-state index in [1.807, 2.05) is 66.7 Å². The van der Waals surface area contributed by atoms with Crippen LogP contribution < -0.4 is 5.32 Å². The third-order valence-electron chi connectivity index (χ3n) is 4.95. The summed E-state index contributed by atoms with van der Waals surface area (Å²) in [5.41, 5.74) is 3.83. The van der Waals surface area contributed by atoms with Crippen LogP contribution in [0.5, 0.6) is 0 Å². The molecule has 6 heteroatoms. The Morgan fingerprint density at radius 2 is 1.52 bits per heavy atom. The number of carbonyl (C=O) groups excluding carboxylic acids is 2. The van der Waals surface area contributed by atoms with Crippen LogP contribution in [0.4, 0.5) is 5.69 Å². The van der Waals surface area contributed by atoms with E-state index in [0.717, 1.165) is 16.7 Å². The average Bonchev–Trinajstić information content (AvgIpc) is 3.07. The number of nitrogens with one attached hydrogen (secondary N) is 1. The van der Waals surface area contributed by atoms with E-state index in [9.17, 15) is 9.59 Å². The quantitative estimate of drug-likeness (QED) is 0.412. The molecule has 0 aromatic heterocycles. The first kappa shape index (κ1) is 21.0. The van der Waals surface area contributed by atoms with Crippen LogP contribution in [0.3, 0.4) is 0 Å². The lowest BCUT2D eigenvalue weighted by Gasteiger charge is -2.22. The van der Waals surface area contributed by atoms with Crippen LogP contribution in [-0.2, 0) is 9.59 Å². The van der Waals surface area contributed by atoms with Gasteiger partial charge in [-0.1, -0.05) is 96.8 Å². The molecule has 0 bridgehead atoms. The highest BCUT2D eigenvalue weighted by molar-refractivity contribution is 8.26. The minimum Gasteiger partial charge on any atom is -0.324 e. The van der Waals surface area contributed by atoms with E-state index in [-0.39, 0.29) is 11.8 Å². The fourth-order valence-corrected chi connectivity index (χ4v) is 4.67. The maximum absolute atomic E-state index is 13.0. The standard InChI is InChI=1S/C25H20N2O2S2/c1-17(23(28)26-21-10-6-3-7-11-21)27-24(29)22(31-25(27)30)16-18-12-14-20(15-13-18)19-8-4-2-5-9-19/h2-17H,1H3,(H,26,28)/b22-16-. The Balaban J connectivity index is 1.48. The zero-order chi connectivity index (χ0) is 21.8. The number of thioether (sulfide) groups is 1. The van der Waals surface area contributed by atoms with Crippen molar-refractivity contribution in [1.82, 2.24) is 4.90 Å². The van der Waals surface area contributed by atoms with Gasteiger partial charge in [-0.2, -0.15) is 0 Å². The van der Waals surface area contributed by atoms with E-state index in [2.05, 4.69) is 17.4 Å². The number of rotatable bonds is 5. The van der Waals surface area contributed by atoms with Gasteiger partial charge in [-0.15, -0.1) is 0 Å². The third-order valence-corrected chi connectivity index (χ3v) is 6.28. The molecule has 0 saturated carbocycles. The van der Waals surface area contributed by atoms with Crippen LogP contribution in [0.1, 0.15) is 12.5 Å². The van der Waals surface area contributed by atoms with E-state index in [4.69, 9.17) is 12.2 Å². The molecule has 1 heterocycles. The average molecular weight is 445 g/mol. The molecule has 1 unspecified atom stereocenters. The van der Waals surface area contributed by atoms with Crippen molar-refractivity contribution in [2.45, 2.75) is 13.0 Å². The van der Waals surface area contributed by atoms with Crippen LogP contribution in [0.2, 0.25) is 0 Å². The number of benzene rings is 3. The topological polar surface area (TPSA) is 49.4 Å². The molecule has 3 aromatic rings. The monoisotopic (exact) mass is 444 g/mol. The van der Waals surface area contributed by atoms with Crippen LogP contribution in [0.25, 0.3) is 17.2 Å². The van der Waals surface area contributed by atoms with Crippen molar-refractivity contribution in [3.8, 4) is 11.1 Å². The van der Waals surface area contributed by atoms with Gasteiger partial charge in [0.1, 0.15) is 10.4 Å². The van der Waals surface area contributed by atoms with E-state index in [1.165, 1.54) is 16.7 Å². The lowest BCUT2D eigenvalue weighted by atomic mass is 10.0. The van der Waals surface area contributed by atoms with Crippen molar-refractivity contribution in [2.24, 2.45) is 0 Å². The van der Waals surface area contributed by atoms with E-state index >= 15 is 0 Å². The van der Waals surface area contributed by atoms with Gasteiger partial charge < -0.3 is 5.32 Å². The van der Waals surface area contributed by atoms with Crippen LogP contribution in [0, 0.1) is 0 Å². The summed E-state index contributed by atoms with van der Waals surface area (Å²) in [7, 11) is 0. The lowest BCUT2D eigenvalue weighted by Crippen LogP contribution is -2.44. The Morgan fingerprint density at radius 1 is 0.935 bits per heavy atom. The summed E-state index contributed by atoms with van der Waals surface area (Å²) in [4.78, 5) is 27.5. The first-order valence-electron chi connectivity index (χ1n) is 9.81. The van der Waals surface area contributed by atoms with Crippen molar-refractivity contribution in [3.63, 3.8) is 0 Å². The van der Waals surface area contributed by atoms with E-state index in [0.29, 0.717) is 14.9 Å². The fourth-order valence-electron chi connectivity index (χ4n) is 3.25. The van der Waals surface area contributed by atoms with Gasteiger partial charge in [0.05, 0.1) is 4.91 Å². The van der Waals surface area contributed by atoms with Crippen molar-refractivity contribution in [2.75, 3.05) is 5.32 Å². The van der Waals surface area contributed by atoms with Crippen molar-refractivity contribution in [3.05, 3.63) is 95.4 Å². The van der Waals surface area contributed by atoms with Gasteiger partial charge in [0, 0.05) is 5.69 Å². The molecular formula is C25H20N2O2S2. The maximum atomic E-state index is 13.0. The second-order valence-corrected chi connectivity index (χ2v) is 8.75. The molecule has 1 N–H and O–H groups in total. The number of para-hydroxylation sites is 1. The van der Waals surface area contributed by atoms with Crippen molar-refractivity contribution in [1.29, 1.82) is 0 Å². The molecule has 1 aliphatic heterocycles. The molecule has 1 aliphatic rings. The largest absolute Gasteiger partial charge is 0.324 e. The molecule has 3 aromatic carbocycles. The second kappa shape index (κ2) is 9.29. The highest BCUT2D eigenvalue weighted by Crippen LogP contribution is 2.34. The number of amides is 2. The van der Waals surface area contributed by atoms with Gasteiger partial charge in [-0.05, 0) is 41.8 Å². The smallest absolute Gasteiger partial charge is 0.266 e. The minimum atomic E-state index is -0.709. The molecule has 154 valence electrons. The summed E-state index contributed by atoms with van der Waals surface area (Å²) in [6.45, 7) is 1.68. The number of hydrogen-bond acceptors (Lipinski definition) is 4. The number of nitrogens with zero attached hydrogens (tertiary/aromatic N) is 1. The molecule has 0 aliphatic carbocycles. The summed E-state index contributed by atoms with van der Waals surface area (Å²) in [5, 5.41) is 2.82. The van der Waals surface area contributed by atoms with Gasteiger partial charge >= 0.3 is 0 Å². The Labute approximate surface area is 191 Å². The molecule has 1 atom stereocenters. The summed E-state index contributed by atoms with van der Waals surface area (Å²) < 4.78 is 0.382. The molecule has 0 spiro atoms. The van der Waals surface area contributed by atoms with Crippen LogP contribution in [0.15, 0.2) is 89.8 Å². The molecule has 1 saturated heterocycles. The summed E-state index contributed by atoms with van der Waals surface area (Å²) in [6, 6.07) is 26.5. The summed E-state index contributed by atoms with van der Waals surface area (Å²) >= 11 is 6.62. The fraction of sp³-hybridized carbons (Fsp3) is 0.0800. The molecule has 0 radical (unpaired) electrons. The van der Waals surface area contributed by atoms with Gasteiger partial charge in [-0.3, -0.25) is 14.5 Å². The predicted octanol–water partition coefficient (Wildman–Crippen LogP) is 5.58. The zero-order valence-corrected chi connectivity index (χ0v) is 18.5. The Hall–Kier alpha value is -3.22. The number of hydrogen-bond donors (Lipinski definition) is 1. The Morgan fingerprint density at radius 3 is 2.16 bits per heavy atom.